The molecule has 0 unspecified atom stereocenters. The fraction of sp³-hybridized carbons (Fsp3) is 0.0833. The highest BCUT2D eigenvalue weighted by molar-refractivity contribution is 7.92. The van der Waals surface area contributed by atoms with Crippen LogP contribution < -0.4 is 15.2 Å². The van der Waals surface area contributed by atoms with Gasteiger partial charge in [0.2, 0.25) is 11.8 Å². The van der Waals surface area contributed by atoms with Crippen LogP contribution in [0, 0.1) is 0 Å². The van der Waals surface area contributed by atoms with Gasteiger partial charge in [0.25, 0.3) is 10.0 Å². The molecule has 1 aromatic carbocycles. The van der Waals surface area contributed by atoms with Gasteiger partial charge in [-0.1, -0.05) is 0 Å². The minimum Gasteiger partial charge on any atom is -0.480 e. The van der Waals surface area contributed by atoms with Crippen LogP contribution in [0.15, 0.2) is 35.4 Å². The Morgan fingerprint density at radius 2 is 1.95 bits per heavy atom. The average molecular weight is 308 g/mol. The molecule has 0 saturated carbocycles. The van der Waals surface area contributed by atoms with Crippen molar-refractivity contribution in [1.29, 1.82) is 0 Å². The Hall–Kier alpha value is -2.68. The van der Waals surface area contributed by atoms with Crippen LogP contribution in [0.2, 0.25) is 0 Å². The van der Waals surface area contributed by atoms with E-state index < -0.39 is 10.0 Å². The third kappa shape index (κ3) is 3.26. The number of ether oxygens (including phenoxy) is 1. The van der Waals surface area contributed by atoms with Crippen LogP contribution >= 0.6 is 0 Å². The Balaban J connectivity index is 2.32. The Morgan fingerprint density at radius 1 is 1.29 bits per heavy atom. The summed E-state index contributed by atoms with van der Waals surface area (Å²) in [4.78, 5) is 18.3. The van der Waals surface area contributed by atoms with Crippen molar-refractivity contribution in [3.63, 3.8) is 0 Å². The Kier molecular flexibility index (Phi) is 4.03. The maximum atomic E-state index is 12.1. The molecule has 2 aromatic rings. The van der Waals surface area contributed by atoms with Crippen LogP contribution in [-0.2, 0) is 10.0 Å². The third-order valence-electron chi connectivity index (χ3n) is 2.52. The van der Waals surface area contributed by atoms with Crippen molar-refractivity contribution < 1.29 is 17.9 Å². The largest absolute Gasteiger partial charge is 0.480 e. The predicted molar refractivity (Wildman–Crippen MR) is 75.6 cm³/mol. The molecule has 0 spiro atoms. The van der Waals surface area contributed by atoms with Gasteiger partial charge in [0, 0.05) is 11.9 Å². The van der Waals surface area contributed by atoms with Crippen molar-refractivity contribution in [3.8, 4) is 5.88 Å². The number of nitrogens with one attached hydrogen (secondary N) is 1. The summed E-state index contributed by atoms with van der Waals surface area (Å²) in [5, 5.41) is 0. The van der Waals surface area contributed by atoms with E-state index in [1.165, 1.54) is 37.6 Å². The summed E-state index contributed by atoms with van der Waals surface area (Å²) >= 11 is 0. The van der Waals surface area contributed by atoms with E-state index in [9.17, 15) is 13.2 Å². The van der Waals surface area contributed by atoms with Gasteiger partial charge < -0.3 is 10.5 Å². The van der Waals surface area contributed by atoms with Crippen LogP contribution in [-0.4, -0.2) is 31.8 Å². The number of carbonyl (C=O) groups is 1. The maximum Gasteiger partial charge on any atom is 0.264 e. The molecule has 0 aliphatic heterocycles. The molecule has 0 aliphatic carbocycles. The second-order valence-corrected chi connectivity index (χ2v) is 5.63. The number of nitrogen functional groups attached to an aromatic ring is 1. The summed E-state index contributed by atoms with van der Waals surface area (Å²) in [5.74, 6) is -0.218. The van der Waals surface area contributed by atoms with Gasteiger partial charge in [0.1, 0.15) is 0 Å². The molecular formula is C12H12N4O4S. The van der Waals surface area contributed by atoms with E-state index >= 15 is 0 Å². The Morgan fingerprint density at radius 3 is 2.52 bits per heavy atom. The van der Waals surface area contributed by atoms with Gasteiger partial charge in [-0.3, -0.25) is 4.79 Å². The predicted octanol–water partition coefficient (Wildman–Crippen LogP) is 0.681. The smallest absolute Gasteiger partial charge is 0.264 e. The van der Waals surface area contributed by atoms with Gasteiger partial charge in [0.05, 0.1) is 17.6 Å². The highest BCUT2D eigenvalue weighted by atomic mass is 32.2. The quantitative estimate of drug-likeness (QED) is 0.614. The fourth-order valence-corrected chi connectivity index (χ4v) is 2.45. The van der Waals surface area contributed by atoms with Crippen molar-refractivity contribution in [1.82, 2.24) is 9.97 Å². The molecule has 0 fully saturated rings. The first-order valence-electron chi connectivity index (χ1n) is 5.71. The lowest BCUT2D eigenvalue weighted by molar-refractivity contribution is 0.111. The lowest BCUT2D eigenvalue weighted by Crippen LogP contribution is -2.15. The zero-order valence-corrected chi connectivity index (χ0v) is 11.8. The highest BCUT2D eigenvalue weighted by Crippen LogP contribution is 2.18. The molecule has 110 valence electrons. The topological polar surface area (TPSA) is 124 Å². The monoisotopic (exact) mass is 308 g/mol. The summed E-state index contributed by atoms with van der Waals surface area (Å²) in [5.41, 5.74) is 6.07. The molecule has 1 heterocycles. The molecule has 8 nitrogen and oxygen atoms in total. The van der Waals surface area contributed by atoms with Crippen LogP contribution in [0.3, 0.4) is 0 Å². The molecule has 21 heavy (non-hydrogen) atoms. The van der Waals surface area contributed by atoms with Crippen LogP contribution in [0.25, 0.3) is 0 Å². The molecule has 0 saturated heterocycles. The maximum absolute atomic E-state index is 12.1. The zero-order valence-electron chi connectivity index (χ0n) is 11.0. The minimum atomic E-state index is -3.85. The minimum absolute atomic E-state index is 0.0127. The number of nitrogens with zero attached hydrogens (tertiary/aromatic N) is 2. The number of aromatic nitrogens is 2. The second kappa shape index (κ2) is 5.75. The highest BCUT2D eigenvalue weighted by Gasteiger charge is 2.16. The Labute approximate surface area is 121 Å². The molecular weight excluding hydrogens is 296 g/mol. The number of hydrogen-bond acceptors (Lipinski definition) is 7. The van der Waals surface area contributed by atoms with E-state index in [1.54, 1.807) is 0 Å². The van der Waals surface area contributed by atoms with Crippen molar-refractivity contribution >= 4 is 27.9 Å². The van der Waals surface area contributed by atoms with E-state index in [4.69, 9.17) is 10.5 Å². The summed E-state index contributed by atoms with van der Waals surface area (Å²) < 4.78 is 31.3. The van der Waals surface area contributed by atoms with Gasteiger partial charge in [-0.2, -0.15) is 4.98 Å². The van der Waals surface area contributed by atoms with Gasteiger partial charge in [0.15, 0.2) is 6.29 Å². The van der Waals surface area contributed by atoms with Crippen molar-refractivity contribution in [2.45, 2.75) is 4.90 Å². The molecule has 0 radical (unpaired) electrons. The van der Waals surface area contributed by atoms with E-state index in [2.05, 4.69) is 14.7 Å². The summed E-state index contributed by atoms with van der Waals surface area (Å²) in [6.45, 7) is 0. The number of carbonyl (C=O) groups excluding carboxylic acids is 1. The zero-order chi connectivity index (χ0) is 15.5. The number of nitrogens with two attached hydrogens (primary N) is 1. The fourth-order valence-electron chi connectivity index (χ4n) is 1.50. The number of hydrogen-bond donors (Lipinski definition) is 2. The summed E-state index contributed by atoms with van der Waals surface area (Å²) in [7, 11) is -2.54. The molecule has 0 amide bonds. The molecule has 0 bridgehead atoms. The van der Waals surface area contributed by atoms with Gasteiger partial charge in [-0.05, 0) is 24.3 Å². The molecule has 9 heteroatoms. The standard InChI is InChI=1S/C12H12N4O4S/c1-20-11-8(7-17)6-14-12(15-11)16-21(18,19)10-4-2-9(13)3-5-10/h2-7H,13H2,1H3,(H,14,15,16). The summed E-state index contributed by atoms with van der Waals surface area (Å²) in [6.07, 6.45) is 1.68. The average Bonchev–Trinajstić information content (AvgIpc) is 2.47. The lowest BCUT2D eigenvalue weighted by atomic mass is 10.3. The molecule has 2 rings (SSSR count). The van der Waals surface area contributed by atoms with E-state index in [-0.39, 0.29) is 22.3 Å². The number of methoxy groups -OCH3 is 1. The van der Waals surface area contributed by atoms with E-state index in [1.807, 2.05) is 0 Å². The number of aldehydes is 1. The van der Waals surface area contributed by atoms with E-state index in [0.717, 1.165) is 0 Å². The number of sulfonamides is 1. The van der Waals surface area contributed by atoms with Crippen LogP contribution in [0.5, 0.6) is 5.88 Å². The SMILES string of the molecule is COc1nc(NS(=O)(=O)c2ccc(N)cc2)ncc1C=O. The third-order valence-corrected chi connectivity index (χ3v) is 3.86. The number of anilines is 2. The molecule has 1 aromatic heterocycles. The lowest BCUT2D eigenvalue weighted by Gasteiger charge is -2.08. The second-order valence-electron chi connectivity index (χ2n) is 3.95. The van der Waals surface area contributed by atoms with Gasteiger partial charge in [-0.25, -0.2) is 18.1 Å². The van der Waals surface area contributed by atoms with Crippen molar-refractivity contribution in [2.75, 3.05) is 17.6 Å². The number of benzene rings is 1. The molecule has 0 atom stereocenters. The van der Waals surface area contributed by atoms with Crippen molar-refractivity contribution in [3.05, 3.63) is 36.0 Å². The van der Waals surface area contributed by atoms with Crippen molar-refractivity contribution in [2.24, 2.45) is 0 Å². The normalized spacial score (nSPS) is 10.9. The first-order valence-corrected chi connectivity index (χ1v) is 7.19. The molecule has 0 aliphatic rings. The molecule has 3 N–H and O–H groups in total. The first kappa shape index (κ1) is 14.7. The van der Waals surface area contributed by atoms with Gasteiger partial charge in [-0.15, -0.1) is 0 Å². The Bertz CT molecular complexity index is 759. The van der Waals surface area contributed by atoms with Crippen LogP contribution in [0.1, 0.15) is 10.4 Å². The van der Waals surface area contributed by atoms with Crippen LogP contribution in [0.4, 0.5) is 11.6 Å². The summed E-state index contributed by atoms with van der Waals surface area (Å²) in [6, 6.07) is 5.64. The number of rotatable bonds is 5. The van der Waals surface area contributed by atoms with Gasteiger partial charge >= 0.3 is 0 Å². The van der Waals surface area contributed by atoms with E-state index in [0.29, 0.717) is 12.0 Å². The first-order chi connectivity index (χ1) is 9.96.